The topological polar surface area (TPSA) is 46.5 Å². The van der Waals surface area contributed by atoms with Gasteiger partial charge in [0.1, 0.15) is 0 Å². The molecule has 0 saturated heterocycles. The molecule has 0 fully saturated rings. The van der Waals surface area contributed by atoms with E-state index in [-0.39, 0.29) is 5.78 Å². The van der Waals surface area contributed by atoms with Crippen molar-refractivity contribution in [2.45, 2.75) is 115 Å². The average molecular weight is 459 g/mol. The van der Waals surface area contributed by atoms with Gasteiger partial charge in [-0.05, 0) is 44.9 Å². The molecule has 0 aromatic carbocycles. The zero-order valence-corrected chi connectivity index (χ0v) is 22.1. The van der Waals surface area contributed by atoms with Crippen LogP contribution in [-0.2, 0) is 9.09 Å². The van der Waals surface area contributed by atoms with E-state index in [1.807, 2.05) is 34.1 Å². The van der Waals surface area contributed by atoms with Gasteiger partial charge in [0.25, 0.3) is 0 Å². The molecule has 0 heterocycles. The highest BCUT2D eigenvalue weighted by atomic mass is 31.2. The van der Waals surface area contributed by atoms with Crippen molar-refractivity contribution in [3.63, 3.8) is 0 Å². The van der Waals surface area contributed by atoms with Gasteiger partial charge < -0.3 is 13.9 Å². The fourth-order valence-corrected chi connectivity index (χ4v) is 5.96. The minimum Gasteiger partial charge on any atom is -0.320 e. The zero-order chi connectivity index (χ0) is 23.4. The van der Waals surface area contributed by atoms with E-state index in [1.165, 1.54) is 77.0 Å². The molecule has 0 aromatic rings. The highest BCUT2D eigenvalue weighted by molar-refractivity contribution is 7.53. The van der Waals surface area contributed by atoms with E-state index in [9.17, 15) is 9.46 Å². The van der Waals surface area contributed by atoms with Crippen molar-refractivity contribution in [1.82, 2.24) is 0 Å². The Morgan fingerprint density at radius 1 is 0.806 bits per heavy atom. The minimum absolute atomic E-state index is 0.352. The van der Waals surface area contributed by atoms with Crippen LogP contribution < -0.4 is 0 Å². The average Bonchev–Trinajstić information content (AvgIpc) is 2.68. The van der Waals surface area contributed by atoms with Crippen LogP contribution in [0.3, 0.4) is 0 Å². The summed E-state index contributed by atoms with van der Waals surface area (Å²) in [4.78, 5) is 10.3. The van der Waals surface area contributed by atoms with Gasteiger partial charge in [0.2, 0.25) is 0 Å². The number of hydrogen-bond donors (Lipinski definition) is 1. The fraction of sp³-hybridized carbons (Fsp3) is 0.846. The second-order valence-electron chi connectivity index (χ2n) is 9.77. The molecule has 184 valence electrons. The first-order valence-electron chi connectivity index (χ1n) is 12.8. The number of nitrogens with zero attached hydrogens (tertiary/aromatic N) is 1. The van der Waals surface area contributed by atoms with Crippen LogP contribution >= 0.6 is 7.60 Å². The molecular formula is C26H53NO3P+. The molecule has 0 saturated carbocycles. The Bertz CT molecular complexity index is 499. The summed E-state index contributed by atoms with van der Waals surface area (Å²) in [5.41, 5.74) is 0. The van der Waals surface area contributed by atoms with Crippen LogP contribution in [-0.4, -0.2) is 42.9 Å². The predicted molar refractivity (Wildman–Crippen MR) is 136 cm³/mol. The molecule has 1 N–H and O–H groups in total. The third-order valence-corrected chi connectivity index (χ3v) is 8.24. The second kappa shape index (κ2) is 19.1. The molecule has 0 rings (SSSR count). The normalized spacial score (nSPS) is 15.3. The van der Waals surface area contributed by atoms with Crippen molar-refractivity contribution in [2.24, 2.45) is 0 Å². The highest BCUT2D eigenvalue weighted by Gasteiger charge is 2.41. The van der Waals surface area contributed by atoms with Crippen LogP contribution in [0.5, 0.6) is 0 Å². The maximum Gasteiger partial charge on any atom is 0.385 e. The van der Waals surface area contributed by atoms with E-state index in [1.54, 1.807) is 0 Å². The van der Waals surface area contributed by atoms with Gasteiger partial charge in [-0.15, -0.1) is 6.58 Å². The molecule has 4 nitrogen and oxygen atoms in total. The summed E-state index contributed by atoms with van der Waals surface area (Å²) in [6.45, 7) is 6.11. The molecule has 0 bridgehead atoms. The summed E-state index contributed by atoms with van der Waals surface area (Å²) in [5, 5.41) is 0. The molecule has 2 unspecified atom stereocenters. The van der Waals surface area contributed by atoms with E-state index in [2.05, 4.69) is 18.7 Å². The summed E-state index contributed by atoms with van der Waals surface area (Å²) in [5.74, 6) is -0.352. The van der Waals surface area contributed by atoms with Gasteiger partial charge in [-0.3, -0.25) is 4.57 Å². The summed E-state index contributed by atoms with van der Waals surface area (Å²) in [7, 11) is 2.29. The lowest BCUT2D eigenvalue weighted by atomic mass is 10.1. The van der Waals surface area contributed by atoms with Crippen molar-refractivity contribution < 1.29 is 18.5 Å². The van der Waals surface area contributed by atoms with Crippen molar-refractivity contribution in [1.29, 1.82) is 0 Å². The van der Waals surface area contributed by atoms with Gasteiger partial charge in [0.05, 0.1) is 27.7 Å². The molecule has 0 aliphatic rings. The quantitative estimate of drug-likeness (QED) is 0.0769. The maximum atomic E-state index is 12.5. The van der Waals surface area contributed by atoms with Crippen LogP contribution in [0.25, 0.3) is 0 Å². The summed E-state index contributed by atoms with van der Waals surface area (Å²) in [6, 6.07) is 0. The lowest BCUT2D eigenvalue weighted by molar-refractivity contribution is -0.883. The molecule has 0 aliphatic carbocycles. The first kappa shape index (κ1) is 30.6. The first-order valence-corrected chi connectivity index (χ1v) is 14.4. The van der Waals surface area contributed by atoms with Crippen LogP contribution in [0.15, 0.2) is 24.8 Å². The standard InChI is InChI=1S/C26H52NO3P/c1-6-8-9-10-11-12-13-14-15-16-17-18-19-20-21-22-23-24-25-30-31(28,29)26(7-2)27(3,4)5/h6,14-15,26H,1,7-13,16-25H2,2-5H3/p+1. The summed E-state index contributed by atoms with van der Waals surface area (Å²) in [6.07, 6.45) is 26.0. The summed E-state index contributed by atoms with van der Waals surface area (Å²) < 4.78 is 18.4. The van der Waals surface area contributed by atoms with E-state index in [0.717, 1.165) is 19.3 Å². The molecular weight excluding hydrogens is 405 g/mol. The van der Waals surface area contributed by atoms with Crippen LogP contribution in [0, 0.1) is 0 Å². The lowest BCUT2D eigenvalue weighted by Crippen LogP contribution is -2.44. The first-order chi connectivity index (χ1) is 14.8. The Balaban J connectivity index is 3.48. The third kappa shape index (κ3) is 17.8. The SMILES string of the molecule is C=CCCCCCCC=CCCCCCCCCCCOP(=O)(O)C(CC)[N+](C)(C)C. The van der Waals surface area contributed by atoms with Gasteiger partial charge in [0.15, 0.2) is 5.78 Å². The van der Waals surface area contributed by atoms with E-state index in [0.29, 0.717) is 17.5 Å². The molecule has 0 spiro atoms. The molecule has 0 aromatic heterocycles. The highest BCUT2D eigenvalue weighted by Crippen LogP contribution is 2.51. The molecule has 0 amide bonds. The Kier molecular flexibility index (Phi) is 18.8. The lowest BCUT2D eigenvalue weighted by Gasteiger charge is -2.35. The third-order valence-electron chi connectivity index (χ3n) is 5.87. The monoisotopic (exact) mass is 458 g/mol. The van der Waals surface area contributed by atoms with E-state index >= 15 is 0 Å². The van der Waals surface area contributed by atoms with Crippen LogP contribution in [0.4, 0.5) is 0 Å². The van der Waals surface area contributed by atoms with Crippen molar-refractivity contribution in [3.8, 4) is 0 Å². The smallest absolute Gasteiger partial charge is 0.320 e. The zero-order valence-electron chi connectivity index (χ0n) is 21.2. The number of hydrogen-bond acceptors (Lipinski definition) is 2. The molecule has 0 aliphatic heterocycles. The Morgan fingerprint density at radius 2 is 1.23 bits per heavy atom. The Hall–Kier alpha value is -0.410. The molecule has 5 heteroatoms. The van der Waals surface area contributed by atoms with Gasteiger partial charge in [0, 0.05) is 6.42 Å². The Labute approximate surface area is 194 Å². The van der Waals surface area contributed by atoms with Gasteiger partial charge in [-0.25, -0.2) is 0 Å². The number of quaternary nitrogens is 1. The number of unbranched alkanes of at least 4 members (excludes halogenated alkanes) is 13. The van der Waals surface area contributed by atoms with Crippen molar-refractivity contribution >= 4 is 7.60 Å². The van der Waals surface area contributed by atoms with Gasteiger partial charge in [-0.1, -0.05) is 76.5 Å². The van der Waals surface area contributed by atoms with Crippen LogP contribution in [0.2, 0.25) is 0 Å². The minimum atomic E-state index is -3.55. The van der Waals surface area contributed by atoms with Gasteiger partial charge in [-0.2, -0.15) is 0 Å². The van der Waals surface area contributed by atoms with E-state index in [4.69, 9.17) is 4.52 Å². The molecule has 31 heavy (non-hydrogen) atoms. The Morgan fingerprint density at radius 3 is 1.65 bits per heavy atom. The predicted octanol–water partition coefficient (Wildman–Crippen LogP) is 8.22. The van der Waals surface area contributed by atoms with Crippen LogP contribution in [0.1, 0.15) is 110 Å². The van der Waals surface area contributed by atoms with Crippen molar-refractivity contribution in [2.75, 3.05) is 27.7 Å². The van der Waals surface area contributed by atoms with E-state index < -0.39 is 7.60 Å². The van der Waals surface area contributed by atoms with Crippen molar-refractivity contribution in [3.05, 3.63) is 24.8 Å². The molecule has 2 atom stereocenters. The maximum absolute atomic E-state index is 12.5. The number of allylic oxidation sites excluding steroid dienone is 3. The fourth-order valence-electron chi connectivity index (χ4n) is 4.06. The number of rotatable bonds is 22. The second-order valence-corrected chi connectivity index (χ2v) is 11.8. The molecule has 0 radical (unpaired) electrons. The van der Waals surface area contributed by atoms with Gasteiger partial charge >= 0.3 is 7.60 Å². The summed E-state index contributed by atoms with van der Waals surface area (Å²) >= 11 is 0. The largest absolute Gasteiger partial charge is 0.385 e.